The molecule has 1 heterocycles. The second-order valence-corrected chi connectivity index (χ2v) is 13.0. The van der Waals surface area contributed by atoms with Gasteiger partial charge in [-0.1, -0.05) is 64.4 Å². The molecule has 3 rings (SSSR count). The number of nitrogens with one attached hydrogen (secondary N) is 3. The maximum atomic E-state index is 13.8. The number of rotatable bonds is 16. The number of hydrogen-bond donors (Lipinski definition) is 4. The average Bonchev–Trinajstić information content (AvgIpc) is 3.43. The zero-order valence-electron chi connectivity index (χ0n) is 25.0. The Balaban J connectivity index is 1.89. The third kappa shape index (κ3) is 8.90. The fourth-order valence-corrected chi connectivity index (χ4v) is 6.35. The zero-order valence-corrected chi connectivity index (χ0v) is 25.8. The van der Waals surface area contributed by atoms with Gasteiger partial charge in [0.15, 0.2) is 11.5 Å². The molecule has 2 aromatic rings. The molecule has 11 nitrogen and oxygen atoms in total. The number of aliphatic hydroxyl groups excluding tert-OH is 1. The Kier molecular flexibility index (Phi) is 12.2. The van der Waals surface area contributed by atoms with Crippen molar-refractivity contribution in [2.45, 2.75) is 63.6 Å². The van der Waals surface area contributed by atoms with E-state index in [1.54, 1.807) is 13.1 Å². The fourth-order valence-electron chi connectivity index (χ4n) is 4.71. The van der Waals surface area contributed by atoms with E-state index in [0.29, 0.717) is 17.9 Å². The van der Waals surface area contributed by atoms with E-state index >= 15 is 0 Å². The molecule has 0 bridgehead atoms. The van der Waals surface area contributed by atoms with Gasteiger partial charge in [-0.05, 0) is 43.0 Å². The van der Waals surface area contributed by atoms with Crippen molar-refractivity contribution in [2.24, 2.45) is 11.8 Å². The minimum Gasteiger partial charge on any atom is -0.454 e. The molecule has 0 aliphatic carbocycles. The molecule has 42 heavy (non-hydrogen) atoms. The Bertz CT molecular complexity index is 1290. The first-order valence-corrected chi connectivity index (χ1v) is 15.8. The van der Waals surface area contributed by atoms with Crippen LogP contribution in [0.1, 0.15) is 39.7 Å². The second-order valence-electron chi connectivity index (χ2n) is 11.1. The van der Waals surface area contributed by atoms with Gasteiger partial charge >= 0.3 is 0 Å². The maximum Gasteiger partial charge on any atom is 0.243 e. The van der Waals surface area contributed by atoms with Gasteiger partial charge in [0.2, 0.25) is 28.6 Å². The number of amides is 2. The molecule has 0 aromatic heterocycles. The van der Waals surface area contributed by atoms with Gasteiger partial charge in [-0.25, -0.2) is 8.42 Å². The highest BCUT2D eigenvalue weighted by molar-refractivity contribution is 7.89. The van der Waals surface area contributed by atoms with E-state index in [9.17, 15) is 23.1 Å². The first kappa shape index (κ1) is 33.3. The van der Waals surface area contributed by atoms with Crippen LogP contribution in [-0.2, 0) is 26.0 Å². The molecule has 1 aliphatic heterocycles. The highest BCUT2D eigenvalue weighted by Gasteiger charge is 2.34. The summed E-state index contributed by atoms with van der Waals surface area (Å²) in [4.78, 5) is 25.9. The van der Waals surface area contributed by atoms with Gasteiger partial charge < -0.3 is 30.5 Å². The predicted molar refractivity (Wildman–Crippen MR) is 160 cm³/mol. The summed E-state index contributed by atoms with van der Waals surface area (Å²) in [5.41, 5.74) is 0.857. The summed E-state index contributed by atoms with van der Waals surface area (Å²) in [6.07, 6.45) is -0.368. The van der Waals surface area contributed by atoms with E-state index in [4.69, 9.17) is 9.47 Å². The van der Waals surface area contributed by atoms with Gasteiger partial charge in [0.1, 0.15) is 6.04 Å². The van der Waals surface area contributed by atoms with Gasteiger partial charge in [0.05, 0.1) is 23.6 Å². The third-order valence-corrected chi connectivity index (χ3v) is 9.01. The minimum absolute atomic E-state index is 0.0151. The van der Waals surface area contributed by atoms with Crippen molar-refractivity contribution in [1.29, 1.82) is 0 Å². The van der Waals surface area contributed by atoms with Crippen LogP contribution in [-0.4, -0.2) is 81.3 Å². The first-order valence-electron chi connectivity index (χ1n) is 14.3. The number of carbonyl (C=O) groups excluding carboxylic acids is 2. The zero-order chi connectivity index (χ0) is 30.9. The van der Waals surface area contributed by atoms with Gasteiger partial charge in [-0.3, -0.25) is 9.59 Å². The summed E-state index contributed by atoms with van der Waals surface area (Å²) >= 11 is 0. The van der Waals surface area contributed by atoms with Crippen molar-refractivity contribution in [3.05, 3.63) is 54.1 Å². The van der Waals surface area contributed by atoms with Crippen LogP contribution in [0.15, 0.2) is 53.4 Å². The number of carbonyl (C=O) groups is 2. The monoisotopic (exact) mass is 604 g/mol. The Hall–Kier alpha value is -3.19. The number of sulfonamides is 1. The highest BCUT2D eigenvalue weighted by Crippen LogP contribution is 2.35. The maximum absolute atomic E-state index is 13.8. The first-order chi connectivity index (χ1) is 20.0. The molecule has 2 amide bonds. The van der Waals surface area contributed by atoms with Crippen molar-refractivity contribution < 1.29 is 32.6 Å². The van der Waals surface area contributed by atoms with E-state index in [1.165, 1.54) is 16.4 Å². The summed E-state index contributed by atoms with van der Waals surface area (Å²) in [6, 6.07) is 12.1. The standard InChI is InChI=1S/C30H44N4O7S/c1-6-21(4)29(33-28(36)16-31-5)30(37)32-24(14-22-10-8-7-9-11-22)25(35)18-34(17-20(2)3)42(38,39)23-12-13-26-27(15-23)41-19-40-26/h7-13,15,20-21,24-25,29,31,35H,6,14,16-19H2,1-5H3,(H,32,37)(H,33,36)/t21-,24-,25+,29-/m0/s1. The third-order valence-electron chi connectivity index (χ3n) is 7.18. The lowest BCUT2D eigenvalue weighted by Crippen LogP contribution is -2.57. The quantitative estimate of drug-likeness (QED) is 0.227. The van der Waals surface area contributed by atoms with E-state index < -0.39 is 34.1 Å². The molecule has 232 valence electrons. The molecule has 0 radical (unpaired) electrons. The number of ether oxygens (including phenoxy) is 2. The van der Waals surface area contributed by atoms with Crippen LogP contribution in [0.3, 0.4) is 0 Å². The second kappa shape index (κ2) is 15.3. The van der Waals surface area contributed by atoms with Crippen LogP contribution in [0.25, 0.3) is 0 Å². The van der Waals surface area contributed by atoms with Crippen LogP contribution in [0.2, 0.25) is 0 Å². The fraction of sp³-hybridized carbons (Fsp3) is 0.533. The number of benzene rings is 2. The normalized spacial score (nSPS) is 15.7. The SMILES string of the molecule is CC[C@H](C)[C@H](NC(=O)CNC)C(=O)N[C@@H](Cc1ccccc1)[C@H](O)CN(CC(C)C)S(=O)(=O)c1ccc2c(c1)OCO2. The van der Waals surface area contributed by atoms with E-state index in [2.05, 4.69) is 16.0 Å². The Morgan fingerprint density at radius 1 is 1.00 bits per heavy atom. The molecule has 4 atom stereocenters. The van der Waals surface area contributed by atoms with Gasteiger partial charge in [-0.2, -0.15) is 4.31 Å². The molecule has 0 fully saturated rings. The molecule has 4 N–H and O–H groups in total. The molecule has 0 saturated carbocycles. The number of hydrogen-bond acceptors (Lipinski definition) is 8. The van der Waals surface area contributed by atoms with Crippen molar-refractivity contribution in [2.75, 3.05) is 33.5 Å². The summed E-state index contributed by atoms with van der Waals surface area (Å²) in [7, 11) is -2.40. The number of aliphatic hydroxyl groups is 1. The van der Waals surface area contributed by atoms with E-state index in [-0.39, 0.29) is 55.5 Å². The minimum atomic E-state index is -4.04. The Morgan fingerprint density at radius 2 is 1.69 bits per heavy atom. The summed E-state index contributed by atoms with van der Waals surface area (Å²) < 4.78 is 39.6. The Morgan fingerprint density at radius 3 is 2.33 bits per heavy atom. The largest absolute Gasteiger partial charge is 0.454 e. The summed E-state index contributed by atoms with van der Waals surface area (Å²) in [5.74, 6) is -0.178. The average molecular weight is 605 g/mol. The van der Waals surface area contributed by atoms with Crippen LogP contribution in [0.4, 0.5) is 0 Å². The lowest BCUT2D eigenvalue weighted by molar-refractivity contribution is -0.130. The van der Waals surface area contributed by atoms with Crippen LogP contribution >= 0.6 is 0 Å². The number of likely N-dealkylation sites (N-methyl/N-ethyl adjacent to an activating group) is 1. The number of nitrogens with zero attached hydrogens (tertiary/aromatic N) is 1. The lowest BCUT2D eigenvalue weighted by Gasteiger charge is -2.32. The van der Waals surface area contributed by atoms with E-state index in [1.807, 2.05) is 58.0 Å². The van der Waals surface area contributed by atoms with Crippen LogP contribution in [0, 0.1) is 11.8 Å². The van der Waals surface area contributed by atoms with Crippen LogP contribution < -0.4 is 25.4 Å². The molecule has 2 aromatic carbocycles. The van der Waals surface area contributed by atoms with Crippen molar-refractivity contribution in [3.63, 3.8) is 0 Å². The Labute approximate surface area is 249 Å². The molecule has 12 heteroatoms. The van der Waals surface area contributed by atoms with E-state index in [0.717, 1.165) is 5.56 Å². The van der Waals surface area contributed by atoms with Crippen molar-refractivity contribution in [3.8, 4) is 11.5 Å². The summed E-state index contributed by atoms with van der Waals surface area (Å²) in [5, 5.41) is 20.0. The smallest absolute Gasteiger partial charge is 0.243 e. The van der Waals surface area contributed by atoms with Crippen molar-refractivity contribution in [1.82, 2.24) is 20.3 Å². The van der Waals surface area contributed by atoms with Gasteiger partial charge in [-0.15, -0.1) is 0 Å². The molecule has 0 spiro atoms. The molecule has 1 aliphatic rings. The summed E-state index contributed by atoms with van der Waals surface area (Å²) in [6.45, 7) is 7.54. The van der Waals surface area contributed by atoms with Gasteiger partial charge in [0, 0.05) is 19.2 Å². The van der Waals surface area contributed by atoms with Crippen molar-refractivity contribution >= 4 is 21.8 Å². The molecule has 0 unspecified atom stereocenters. The lowest BCUT2D eigenvalue weighted by atomic mass is 9.96. The topological polar surface area (TPSA) is 146 Å². The highest BCUT2D eigenvalue weighted by atomic mass is 32.2. The van der Waals surface area contributed by atoms with Crippen LogP contribution in [0.5, 0.6) is 11.5 Å². The predicted octanol–water partition coefficient (Wildman–Crippen LogP) is 1.90. The molecular formula is C30H44N4O7S. The van der Waals surface area contributed by atoms with Gasteiger partial charge in [0.25, 0.3) is 0 Å². The number of fused-ring (bicyclic) bond motifs is 1. The molecule has 0 saturated heterocycles. The molecular weight excluding hydrogens is 560 g/mol.